The molecule has 2 aromatic carbocycles. The second kappa shape index (κ2) is 11.4. The zero-order valence-corrected chi connectivity index (χ0v) is 22.1. The summed E-state index contributed by atoms with van der Waals surface area (Å²) in [4.78, 5) is 55.9. The van der Waals surface area contributed by atoms with Crippen molar-refractivity contribution in [2.45, 2.75) is 50.5 Å². The molecule has 1 aliphatic carbocycles. The topological polar surface area (TPSA) is 116 Å². The number of amides is 3. The average Bonchev–Trinajstić information content (AvgIpc) is 3.23. The van der Waals surface area contributed by atoms with E-state index in [1.807, 2.05) is 30.3 Å². The molecular weight excluding hydrogens is 498 g/mol. The molecule has 0 radical (unpaired) electrons. The molecule has 2 saturated heterocycles. The van der Waals surface area contributed by atoms with Gasteiger partial charge in [0, 0.05) is 43.0 Å². The molecule has 0 unspecified atom stereocenters. The van der Waals surface area contributed by atoms with Crippen LogP contribution in [-0.2, 0) is 9.59 Å². The van der Waals surface area contributed by atoms with Gasteiger partial charge in [-0.3, -0.25) is 24.5 Å². The summed E-state index contributed by atoms with van der Waals surface area (Å²) >= 11 is 0. The third-order valence-electron chi connectivity index (χ3n) is 8.41. The summed E-state index contributed by atoms with van der Waals surface area (Å²) in [7, 11) is 0. The first-order valence-electron chi connectivity index (χ1n) is 13.8. The minimum Gasteiger partial charge on any atom is -0.354 e. The van der Waals surface area contributed by atoms with E-state index in [9.17, 15) is 24.5 Å². The Hall–Kier alpha value is -3.95. The number of nitrogens with one attached hydrogen (secondary N) is 1. The van der Waals surface area contributed by atoms with Crippen LogP contribution >= 0.6 is 0 Å². The smallest absolute Gasteiger partial charge is 0.270 e. The van der Waals surface area contributed by atoms with Crippen LogP contribution in [0.2, 0.25) is 0 Å². The first kappa shape index (κ1) is 26.6. The zero-order chi connectivity index (χ0) is 27.4. The summed E-state index contributed by atoms with van der Waals surface area (Å²) in [6, 6.07) is 15.4. The van der Waals surface area contributed by atoms with E-state index in [1.54, 1.807) is 15.9 Å². The molecule has 0 aromatic heterocycles. The SMILES string of the molecule is O=C(CN1CN(c2ccccc2)C2(CCN(C(=O)c3cccc([N+](=O)[O-])c3)CC2)C1=O)NCC1CCCCC1. The minimum atomic E-state index is -0.857. The van der Waals surface area contributed by atoms with Crippen LogP contribution in [0.3, 0.4) is 0 Å². The van der Waals surface area contributed by atoms with Crippen LogP contribution in [-0.4, -0.2) is 70.8 Å². The fourth-order valence-electron chi connectivity index (χ4n) is 6.22. The number of para-hydroxylation sites is 1. The van der Waals surface area contributed by atoms with Gasteiger partial charge < -0.3 is 20.0 Å². The molecule has 3 fully saturated rings. The summed E-state index contributed by atoms with van der Waals surface area (Å²) in [5.41, 5.74) is 0.168. The lowest BCUT2D eigenvalue weighted by atomic mass is 9.85. The maximum Gasteiger partial charge on any atom is 0.270 e. The number of rotatable bonds is 7. The molecule has 206 valence electrons. The monoisotopic (exact) mass is 533 g/mol. The van der Waals surface area contributed by atoms with Gasteiger partial charge in [-0.2, -0.15) is 0 Å². The normalized spacial score (nSPS) is 19.4. The maximum absolute atomic E-state index is 13.9. The van der Waals surface area contributed by atoms with Crippen molar-refractivity contribution in [1.82, 2.24) is 15.1 Å². The van der Waals surface area contributed by atoms with Crippen LogP contribution in [0.25, 0.3) is 0 Å². The van der Waals surface area contributed by atoms with Crippen LogP contribution in [0.1, 0.15) is 55.3 Å². The van der Waals surface area contributed by atoms with Gasteiger partial charge in [0.25, 0.3) is 17.5 Å². The summed E-state index contributed by atoms with van der Waals surface area (Å²) in [6.07, 6.45) is 6.76. The van der Waals surface area contributed by atoms with Crippen LogP contribution in [0.5, 0.6) is 0 Å². The van der Waals surface area contributed by atoms with E-state index in [0.717, 1.165) is 18.5 Å². The van der Waals surface area contributed by atoms with Crippen molar-refractivity contribution in [3.05, 3.63) is 70.3 Å². The Bertz CT molecular complexity index is 1220. The molecule has 39 heavy (non-hydrogen) atoms. The number of nitro benzene ring substituents is 1. The molecule has 1 N–H and O–H groups in total. The van der Waals surface area contributed by atoms with Gasteiger partial charge in [0.05, 0.1) is 11.6 Å². The van der Waals surface area contributed by atoms with Gasteiger partial charge in [-0.05, 0) is 49.8 Å². The van der Waals surface area contributed by atoms with Gasteiger partial charge in [0.1, 0.15) is 12.1 Å². The van der Waals surface area contributed by atoms with Gasteiger partial charge in [-0.15, -0.1) is 0 Å². The van der Waals surface area contributed by atoms with Gasteiger partial charge in [0.2, 0.25) is 5.91 Å². The highest BCUT2D eigenvalue weighted by Gasteiger charge is 2.54. The predicted octanol–water partition coefficient (Wildman–Crippen LogP) is 3.57. The van der Waals surface area contributed by atoms with Crippen LogP contribution in [0.15, 0.2) is 54.6 Å². The number of carbonyl (C=O) groups is 3. The highest BCUT2D eigenvalue weighted by molar-refractivity contribution is 5.98. The van der Waals surface area contributed by atoms with Gasteiger partial charge in [-0.25, -0.2) is 0 Å². The minimum absolute atomic E-state index is 0.00691. The highest BCUT2D eigenvalue weighted by Crippen LogP contribution is 2.39. The average molecular weight is 534 g/mol. The van der Waals surface area contributed by atoms with E-state index in [-0.39, 0.29) is 35.5 Å². The number of hydrogen-bond donors (Lipinski definition) is 1. The molecule has 0 atom stereocenters. The molecule has 1 spiro atoms. The standard InChI is InChI=1S/C29H35N5O5/c35-26(30-19-22-8-3-1-4-9-22)20-32-21-33(24-11-5-2-6-12-24)29(28(32)37)14-16-31(17-15-29)27(36)23-10-7-13-25(18-23)34(38)39/h2,5-7,10-13,18,22H,1,3-4,8-9,14-17,19-21H2,(H,30,35). The quantitative estimate of drug-likeness (QED) is 0.430. The number of nitro groups is 1. The van der Waals surface area contributed by atoms with E-state index < -0.39 is 10.5 Å². The van der Waals surface area contributed by atoms with E-state index >= 15 is 0 Å². The van der Waals surface area contributed by atoms with Crippen molar-refractivity contribution in [3.8, 4) is 0 Å². The molecule has 10 heteroatoms. The van der Waals surface area contributed by atoms with Gasteiger partial charge in [0.15, 0.2) is 0 Å². The van der Waals surface area contributed by atoms with Crippen molar-refractivity contribution in [2.75, 3.05) is 37.7 Å². The molecule has 2 aromatic rings. The highest BCUT2D eigenvalue weighted by atomic mass is 16.6. The summed E-state index contributed by atoms with van der Waals surface area (Å²) in [6.45, 7) is 1.63. The number of non-ortho nitro benzene ring substituents is 1. The Morgan fingerprint density at radius 3 is 2.41 bits per heavy atom. The third kappa shape index (κ3) is 5.60. The summed E-state index contributed by atoms with van der Waals surface area (Å²) in [5.74, 6) is -0.0138. The molecule has 5 rings (SSSR count). The zero-order valence-electron chi connectivity index (χ0n) is 22.1. The fraction of sp³-hybridized carbons (Fsp3) is 0.483. The number of piperidine rings is 1. The molecule has 3 aliphatic rings. The van der Waals surface area contributed by atoms with E-state index in [0.29, 0.717) is 45.1 Å². The van der Waals surface area contributed by atoms with Crippen LogP contribution < -0.4 is 10.2 Å². The van der Waals surface area contributed by atoms with Crippen LogP contribution in [0, 0.1) is 16.0 Å². The molecule has 10 nitrogen and oxygen atoms in total. The molecule has 2 aliphatic heterocycles. The first-order chi connectivity index (χ1) is 18.9. The molecular formula is C29H35N5O5. The lowest BCUT2D eigenvalue weighted by Crippen LogP contribution is -2.57. The lowest BCUT2D eigenvalue weighted by molar-refractivity contribution is -0.384. The molecule has 1 saturated carbocycles. The van der Waals surface area contributed by atoms with Crippen molar-refractivity contribution in [3.63, 3.8) is 0 Å². The second-order valence-corrected chi connectivity index (χ2v) is 10.8. The number of likely N-dealkylation sites (tertiary alicyclic amines) is 1. The Morgan fingerprint density at radius 2 is 1.72 bits per heavy atom. The van der Waals surface area contributed by atoms with Crippen molar-refractivity contribution >= 4 is 29.1 Å². The number of nitrogens with zero attached hydrogens (tertiary/aromatic N) is 4. The van der Waals surface area contributed by atoms with Crippen molar-refractivity contribution in [1.29, 1.82) is 0 Å². The summed E-state index contributed by atoms with van der Waals surface area (Å²) < 4.78 is 0. The number of carbonyl (C=O) groups excluding carboxylic acids is 3. The van der Waals surface area contributed by atoms with E-state index in [4.69, 9.17) is 0 Å². The largest absolute Gasteiger partial charge is 0.354 e. The van der Waals surface area contributed by atoms with Crippen LogP contribution in [0.4, 0.5) is 11.4 Å². The second-order valence-electron chi connectivity index (χ2n) is 10.8. The van der Waals surface area contributed by atoms with Crippen molar-refractivity contribution in [2.24, 2.45) is 5.92 Å². The Labute approximate surface area is 228 Å². The molecule has 2 heterocycles. The fourth-order valence-corrected chi connectivity index (χ4v) is 6.22. The van der Waals surface area contributed by atoms with Crippen molar-refractivity contribution < 1.29 is 19.3 Å². The van der Waals surface area contributed by atoms with Gasteiger partial charge in [-0.1, -0.05) is 43.5 Å². The lowest BCUT2D eigenvalue weighted by Gasteiger charge is -2.43. The Kier molecular flexibility index (Phi) is 7.81. The molecule has 3 amide bonds. The van der Waals surface area contributed by atoms with E-state index in [2.05, 4.69) is 10.2 Å². The molecule has 0 bridgehead atoms. The Balaban J connectivity index is 1.28. The maximum atomic E-state index is 13.9. The predicted molar refractivity (Wildman–Crippen MR) is 146 cm³/mol. The Morgan fingerprint density at radius 1 is 1.00 bits per heavy atom. The number of anilines is 1. The van der Waals surface area contributed by atoms with E-state index in [1.165, 1.54) is 37.5 Å². The summed E-state index contributed by atoms with van der Waals surface area (Å²) in [5, 5.41) is 14.2. The third-order valence-corrected chi connectivity index (χ3v) is 8.41. The first-order valence-corrected chi connectivity index (χ1v) is 13.8. The number of hydrogen-bond acceptors (Lipinski definition) is 6. The number of benzene rings is 2. The van der Waals surface area contributed by atoms with Gasteiger partial charge >= 0.3 is 0 Å².